The number of hydrogen-bond acceptors (Lipinski definition) is 0. The van der Waals surface area contributed by atoms with Gasteiger partial charge in [0, 0.05) is 11.1 Å². The second kappa shape index (κ2) is 12.5. The topological polar surface area (TPSA) is 0 Å². The molecule has 6 aromatic rings. The van der Waals surface area contributed by atoms with E-state index < -0.39 is 0 Å². The van der Waals surface area contributed by atoms with Gasteiger partial charge in [-0.25, -0.2) is 8.78 Å². The van der Waals surface area contributed by atoms with Crippen LogP contribution in [-0.4, -0.2) is 0 Å². The fourth-order valence-corrected chi connectivity index (χ4v) is 5.49. The van der Waals surface area contributed by atoms with Crippen LogP contribution in [0, 0.1) is 30.4 Å². The summed E-state index contributed by atoms with van der Waals surface area (Å²) in [4.78, 5) is 0. The van der Waals surface area contributed by atoms with E-state index in [0.29, 0.717) is 11.1 Å². The van der Waals surface area contributed by atoms with Gasteiger partial charge in [-0.1, -0.05) is 110 Å². The molecule has 0 saturated heterocycles. The molecule has 0 saturated carbocycles. The Balaban J connectivity index is 1.19. The molecule has 6 rings (SSSR count). The van der Waals surface area contributed by atoms with Gasteiger partial charge in [-0.3, -0.25) is 0 Å². The summed E-state index contributed by atoms with van der Waals surface area (Å²) in [5, 5.41) is 2.42. The summed E-state index contributed by atoms with van der Waals surface area (Å²) in [5.41, 5.74) is 8.33. The quantitative estimate of drug-likeness (QED) is 0.177. The Kier molecular flexibility index (Phi) is 8.16. The van der Waals surface area contributed by atoms with E-state index in [9.17, 15) is 4.39 Å². The summed E-state index contributed by atoms with van der Waals surface area (Å²) >= 11 is 0. The highest BCUT2D eigenvalue weighted by Gasteiger charge is 2.10. The van der Waals surface area contributed by atoms with Gasteiger partial charge in [-0.2, -0.15) is 0 Å². The summed E-state index contributed by atoms with van der Waals surface area (Å²) < 4.78 is 30.0. The third kappa shape index (κ3) is 6.27. The van der Waals surface area contributed by atoms with Crippen molar-refractivity contribution in [1.29, 1.82) is 0 Å². The first-order valence-electron chi connectivity index (χ1n) is 14.8. The van der Waals surface area contributed by atoms with Gasteiger partial charge in [0.1, 0.15) is 11.6 Å². The van der Waals surface area contributed by atoms with Crippen molar-refractivity contribution in [3.05, 3.63) is 155 Å². The maximum Gasteiger partial charge on any atom is 0.139 e. The third-order valence-electron chi connectivity index (χ3n) is 7.97. The van der Waals surface area contributed by atoms with Crippen LogP contribution in [0.4, 0.5) is 8.78 Å². The fraction of sp³-hybridized carbons (Fsp3) is 0.122. The summed E-state index contributed by atoms with van der Waals surface area (Å²) in [7, 11) is 0. The summed E-state index contributed by atoms with van der Waals surface area (Å²) in [6.07, 6.45) is 3.02. The smallest absolute Gasteiger partial charge is 0.139 e. The lowest BCUT2D eigenvalue weighted by Crippen LogP contribution is -1.92. The van der Waals surface area contributed by atoms with E-state index in [-0.39, 0.29) is 11.6 Å². The highest BCUT2D eigenvalue weighted by atomic mass is 19.1. The lowest BCUT2D eigenvalue weighted by Gasteiger charge is -2.09. The highest BCUT2D eigenvalue weighted by molar-refractivity contribution is 5.87. The van der Waals surface area contributed by atoms with Crippen molar-refractivity contribution in [3.63, 3.8) is 0 Å². The first kappa shape index (κ1) is 28.1. The molecule has 0 unspecified atom stereocenters. The second-order valence-corrected chi connectivity index (χ2v) is 11.0. The minimum absolute atomic E-state index is 0.214. The number of rotatable bonds is 6. The number of fused-ring (bicyclic) bond motifs is 1. The molecule has 0 fully saturated rings. The molecule has 0 spiro atoms. The highest BCUT2D eigenvalue weighted by Crippen LogP contribution is 2.30. The first-order valence-corrected chi connectivity index (χ1v) is 14.8. The van der Waals surface area contributed by atoms with E-state index in [1.54, 1.807) is 12.1 Å². The Morgan fingerprint density at radius 2 is 1.23 bits per heavy atom. The fourth-order valence-electron chi connectivity index (χ4n) is 5.49. The molecule has 0 heterocycles. The van der Waals surface area contributed by atoms with Crippen LogP contribution in [-0.2, 0) is 6.42 Å². The van der Waals surface area contributed by atoms with Gasteiger partial charge in [0.05, 0.1) is 5.56 Å². The molecular formula is C41H32F2. The van der Waals surface area contributed by atoms with Crippen molar-refractivity contribution < 1.29 is 8.78 Å². The molecule has 0 aliphatic heterocycles. The molecule has 0 aliphatic rings. The molecule has 0 aromatic heterocycles. The Bertz CT molecular complexity index is 1950. The molecule has 6 aromatic carbocycles. The third-order valence-corrected chi connectivity index (χ3v) is 7.97. The van der Waals surface area contributed by atoms with Gasteiger partial charge >= 0.3 is 0 Å². The number of hydrogen-bond donors (Lipinski definition) is 0. The van der Waals surface area contributed by atoms with Crippen molar-refractivity contribution in [2.24, 2.45) is 0 Å². The molecule has 43 heavy (non-hydrogen) atoms. The maximum absolute atomic E-state index is 15.3. The number of halogens is 2. The predicted molar refractivity (Wildman–Crippen MR) is 176 cm³/mol. The van der Waals surface area contributed by atoms with Gasteiger partial charge in [0.2, 0.25) is 0 Å². The molecule has 0 amide bonds. The van der Waals surface area contributed by atoms with Gasteiger partial charge < -0.3 is 0 Å². The minimum Gasteiger partial charge on any atom is -0.206 e. The molecule has 0 N–H and O–H groups in total. The van der Waals surface area contributed by atoms with Crippen LogP contribution in [0.1, 0.15) is 42.0 Å². The van der Waals surface area contributed by atoms with E-state index in [1.165, 1.54) is 10.8 Å². The van der Waals surface area contributed by atoms with Gasteiger partial charge in [0.25, 0.3) is 0 Å². The number of unbranched alkanes of at least 4 members (excludes halogenated alkanes) is 1. The average molecular weight is 563 g/mol. The van der Waals surface area contributed by atoms with Crippen molar-refractivity contribution >= 4 is 10.8 Å². The number of aryl methyl sites for hydroxylation is 2. The van der Waals surface area contributed by atoms with Crippen LogP contribution in [0.15, 0.2) is 121 Å². The monoisotopic (exact) mass is 562 g/mol. The Morgan fingerprint density at radius 3 is 1.93 bits per heavy atom. The maximum atomic E-state index is 15.3. The molecule has 0 nitrogen and oxygen atoms in total. The summed E-state index contributed by atoms with van der Waals surface area (Å²) in [6.45, 7) is 4.02. The van der Waals surface area contributed by atoms with Crippen molar-refractivity contribution in [2.75, 3.05) is 0 Å². The molecular weight excluding hydrogens is 530 g/mol. The van der Waals surface area contributed by atoms with Crippen LogP contribution in [0.2, 0.25) is 0 Å². The average Bonchev–Trinajstić information content (AvgIpc) is 3.03. The van der Waals surface area contributed by atoms with Crippen LogP contribution < -0.4 is 0 Å². The van der Waals surface area contributed by atoms with Crippen LogP contribution in [0.25, 0.3) is 44.2 Å². The summed E-state index contributed by atoms with van der Waals surface area (Å²) in [5.74, 6) is 5.54. The molecule has 210 valence electrons. The van der Waals surface area contributed by atoms with Crippen molar-refractivity contribution in [2.45, 2.75) is 33.1 Å². The largest absolute Gasteiger partial charge is 0.206 e. The SMILES string of the molecule is CCCCc1ccc(-c2ccc(C#Cc3c(C)cc(-c4ccc(-c5ccc6ccccc6c5)cc4)cc3F)cc2)c(F)c1. The minimum atomic E-state index is -0.344. The molecule has 2 heteroatoms. The Hall–Kier alpha value is -5.00. The zero-order valence-electron chi connectivity index (χ0n) is 24.4. The Labute approximate surface area is 252 Å². The normalized spacial score (nSPS) is 10.9. The second-order valence-electron chi connectivity index (χ2n) is 11.0. The molecule has 0 bridgehead atoms. The molecule has 0 atom stereocenters. The van der Waals surface area contributed by atoms with Crippen LogP contribution >= 0.6 is 0 Å². The Morgan fingerprint density at radius 1 is 0.558 bits per heavy atom. The number of benzene rings is 6. The van der Waals surface area contributed by atoms with E-state index in [2.05, 4.69) is 61.2 Å². The lowest BCUT2D eigenvalue weighted by atomic mass is 9.96. The molecule has 0 radical (unpaired) electrons. The van der Waals surface area contributed by atoms with Gasteiger partial charge in [-0.05, 0) is 106 Å². The van der Waals surface area contributed by atoms with E-state index in [0.717, 1.165) is 63.8 Å². The summed E-state index contributed by atoms with van der Waals surface area (Å²) in [6, 6.07) is 39.5. The lowest BCUT2D eigenvalue weighted by molar-refractivity contribution is 0.623. The van der Waals surface area contributed by atoms with Crippen LogP contribution in [0.5, 0.6) is 0 Å². The molecule has 0 aliphatic carbocycles. The van der Waals surface area contributed by atoms with E-state index in [1.807, 2.05) is 73.7 Å². The van der Waals surface area contributed by atoms with Gasteiger partial charge in [-0.15, -0.1) is 0 Å². The predicted octanol–water partition coefficient (Wildman–Crippen LogP) is 11.2. The standard InChI is InChI=1S/C41H32F2/c1-3-4-7-30-13-23-39(40(42)25-30)34-14-10-29(11-15-34)12-22-38-28(2)24-37(27-41(38)43)33-18-16-32(17-19-33)36-21-20-31-8-5-6-9-35(31)26-36/h5-6,8-11,13-21,23-27H,3-4,7H2,1-2H3. The van der Waals surface area contributed by atoms with Crippen molar-refractivity contribution in [1.82, 2.24) is 0 Å². The zero-order valence-corrected chi connectivity index (χ0v) is 24.4. The zero-order chi connectivity index (χ0) is 29.8. The van der Waals surface area contributed by atoms with Crippen LogP contribution in [0.3, 0.4) is 0 Å². The first-order chi connectivity index (χ1) is 21.0. The van der Waals surface area contributed by atoms with E-state index in [4.69, 9.17) is 0 Å². The van der Waals surface area contributed by atoms with E-state index >= 15 is 4.39 Å². The van der Waals surface area contributed by atoms with Crippen molar-refractivity contribution in [3.8, 4) is 45.2 Å². The van der Waals surface area contributed by atoms with Gasteiger partial charge in [0.15, 0.2) is 0 Å².